The number of hydrogen-bond acceptors (Lipinski definition) is 4. The van der Waals surface area contributed by atoms with Gasteiger partial charge in [0.05, 0.1) is 0 Å². The molecular formula is C7H28O4Si6. The van der Waals surface area contributed by atoms with Gasteiger partial charge in [0.1, 0.15) is 10.5 Å². The monoisotopic (exact) mass is 344 g/mol. The van der Waals surface area contributed by atoms with Crippen molar-refractivity contribution in [3.05, 3.63) is 0 Å². The fraction of sp³-hybridized carbons (Fsp3) is 1.00. The van der Waals surface area contributed by atoms with Crippen molar-refractivity contribution in [1.82, 2.24) is 0 Å². The lowest BCUT2D eigenvalue weighted by molar-refractivity contribution is 0.400. The van der Waals surface area contributed by atoms with Crippen LogP contribution in [0.2, 0.25) is 45.8 Å². The molecule has 0 fully saturated rings. The maximum absolute atomic E-state index is 6.35. The van der Waals surface area contributed by atoms with Gasteiger partial charge in [0.15, 0.2) is 16.6 Å². The van der Waals surface area contributed by atoms with E-state index in [0.717, 1.165) is 10.5 Å². The molecule has 0 spiro atoms. The molecule has 0 rings (SSSR count). The second-order valence-electron chi connectivity index (χ2n) is 6.32. The maximum atomic E-state index is 6.35. The number of hydrogen-bond donors (Lipinski definition) is 0. The van der Waals surface area contributed by atoms with Gasteiger partial charge < -0.3 is 16.5 Å². The zero-order valence-corrected chi connectivity index (χ0v) is 20.4. The van der Waals surface area contributed by atoms with Gasteiger partial charge in [-0.1, -0.05) is 0 Å². The highest BCUT2D eigenvalue weighted by Gasteiger charge is 2.40. The summed E-state index contributed by atoms with van der Waals surface area (Å²) in [6, 6.07) is 0. The van der Waals surface area contributed by atoms with Crippen molar-refractivity contribution in [2.75, 3.05) is 0 Å². The molecule has 10 heteroatoms. The van der Waals surface area contributed by atoms with E-state index in [0.29, 0.717) is 0 Å². The minimum Gasteiger partial charge on any atom is -0.449 e. The third-order valence-electron chi connectivity index (χ3n) is 1.61. The van der Waals surface area contributed by atoms with Gasteiger partial charge in [0.25, 0.3) is 10.0 Å². The van der Waals surface area contributed by atoms with Crippen LogP contribution in [0, 0.1) is 0 Å². The lowest BCUT2D eigenvalue weighted by Gasteiger charge is -2.38. The van der Waals surface area contributed by atoms with Gasteiger partial charge in [-0.2, -0.15) is 0 Å². The fourth-order valence-corrected chi connectivity index (χ4v) is 30.0. The zero-order chi connectivity index (χ0) is 13.7. The van der Waals surface area contributed by atoms with Gasteiger partial charge in [-0.15, -0.1) is 0 Å². The predicted octanol–water partition coefficient (Wildman–Crippen LogP) is -0.346. The summed E-state index contributed by atoms with van der Waals surface area (Å²) in [4.78, 5) is 0. The molecule has 104 valence electrons. The van der Waals surface area contributed by atoms with Crippen LogP contribution in [0.5, 0.6) is 0 Å². The average Bonchev–Trinajstić information content (AvgIpc) is 1.96. The van der Waals surface area contributed by atoms with Crippen molar-refractivity contribution in [3.8, 4) is 0 Å². The maximum Gasteiger partial charge on any atom is 0.317 e. The van der Waals surface area contributed by atoms with Crippen LogP contribution in [0.3, 0.4) is 0 Å². The van der Waals surface area contributed by atoms with Crippen molar-refractivity contribution in [2.24, 2.45) is 0 Å². The Kier molecular flexibility index (Phi) is 7.54. The molecule has 0 heterocycles. The Morgan fingerprint density at radius 1 is 0.824 bits per heavy atom. The molecule has 0 aliphatic carbocycles. The second kappa shape index (κ2) is 7.07. The van der Waals surface area contributed by atoms with Crippen molar-refractivity contribution < 1.29 is 16.5 Å². The highest BCUT2D eigenvalue weighted by molar-refractivity contribution is 7.20. The normalized spacial score (nSPS) is 15.7. The first-order valence-electron chi connectivity index (χ1n) is 5.94. The first-order valence-corrected chi connectivity index (χ1v) is 20.0. The van der Waals surface area contributed by atoms with Crippen molar-refractivity contribution in [2.45, 2.75) is 45.8 Å². The molecule has 4 nitrogen and oxygen atoms in total. The highest BCUT2D eigenvalue weighted by Crippen LogP contribution is 2.19. The van der Waals surface area contributed by atoms with Gasteiger partial charge >= 0.3 is 8.08 Å². The van der Waals surface area contributed by atoms with Crippen molar-refractivity contribution in [1.29, 1.82) is 0 Å². The van der Waals surface area contributed by atoms with Crippen molar-refractivity contribution in [3.63, 3.8) is 0 Å². The quantitative estimate of drug-likeness (QED) is 0.446. The molecule has 0 aliphatic rings. The molecule has 0 atom stereocenters. The highest BCUT2D eigenvalue weighted by atomic mass is 29.2. The van der Waals surface area contributed by atoms with Crippen LogP contribution in [0.25, 0.3) is 0 Å². The van der Waals surface area contributed by atoms with E-state index in [1.165, 1.54) is 0 Å². The predicted molar refractivity (Wildman–Crippen MR) is 89.7 cm³/mol. The minimum atomic E-state index is -2.05. The standard InChI is InChI=1S/C7H28O4Si6/c1-15(2,3)10-17(7,11-16(4,5)6)14-9-13-8-12/h13-14H2,1-7,12H3. The molecule has 0 unspecified atom stereocenters. The Hall–Kier alpha value is 1.14. The summed E-state index contributed by atoms with van der Waals surface area (Å²) >= 11 is 0. The summed E-state index contributed by atoms with van der Waals surface area (Å²) in [7, 11) is -5.83. The molecule has 0 aromatic carbocycles. The van der Waals surface area contributed by atoms with E-state index in [4.69, 9.17) is 16.5 Å². The van der Waals surface area contributed by atoms with E-state index in [1.807, 2.05) is 0 Å². The van der Waals surface area contributed by atoms with Crippen LogP contribution >= 0.6 is 0 Å². The van der Waals surface area contributed by atoms with Crippen LogP contribution in [0.4, 0.5) is 0 Å². The fourth-order valence-electron chi connectivity index (χ4n) is 1.69. The summed E-state index contributed by atoms with van der Waals surface area (Å²) in [5.41, 5.74) is 0. The van der Waals surface area contributed by atoms with Crippen LogP contribution < -0.4 is 0 Å². The summed E-state index contributed by atoms with van der Waals surface area (Å²) in [5, 5.41) is 0. The first kappa shape index (κ1) is 18.1. The molecule has 0 bridgehead atoms. The van der Waals surface area contributed by atoms with Gasteiger partial charge in [0.2, 0.25) is 9.28 Å². The van der Waals surface area contributed by atoms with E-state index in [-0.39, 0.29) is 0 Å². The summed E-state index contributed by atoms with van der Waals surface area (Å²) in [6.07, 6.45) is 0. The van der Waals surface area contributed by atoms with Gasteiger partial charge in [-0.3, -0.25) is 0 Å². The molecule has 0 saturated heterocycles. The summed E-state index contributed by atoms with van der Waals surface area (Å²) in [6.45, 7) is 15.5. The van der Waals surface area contributed by atoms with Gasteiger partial charge in [-0.05, 0) is 45.8 Å². The Bertz CT molecular complexity index is 209. The van der Waals surface area contributed by atoms with Crippen molar-refractivity contribution >= 4 is 54.5 Å². The van der Waals surface area contributed by atoms with E-state index in [2.05, 4.69) is 45.8 Å². The third-order valence-corrected chi connectivity index (χ3v) is 18.9. The van der Waals surface area contributed by atoms with Gasteiger partial charge in [-0.25, -0.2) is 0 Å². The molecule has 0 saturated carbocycles. The van der Waals surface area contributed by atoms with E-state index in [1.54, 1.807) is 0 Å². The van der Waals surface area contributed by atoms with Crippen LogP contribution in [-0.2, 0) is 16.5 Å². The topological polar surface area (TPSA) is 36.9 Å². The minimum absolute atomic E-state index is 0.719. The average molecular weight is 345 g/mol. The Balaban J connectivity index is 4.57. The zero-order valence-electron chi connectivity index (χ0n) is 12.5. The lowest BCUT2D eigenvalue weighted by Crippen LogP contribution is -2.57. The van der Waals surface area contributed by atoms with Gasteiger partial charge in [0, 0.05) is 0 Å². The molecule has 0 N–H and O–H groups in total. The number of rotatable bonds is 8. The smallest absolute Gasteiger partial charge is 0.317 e. The van der Waals surface area contributed by atoms with E-state index >= 15 is 0 Å². The van der Waals surface area contributed by atoms with Crippen LogP contribution in [0.1, 0.15) is 0 Å². The lowest BCUT2D eigenvalue weighted by atomic mass is 11.8. The Morgan fingerprint density at radius 3 is 1.53 bits per heavy atom. The van der Waals surface area contributed by atoms with Crippen LogP contribution in [-0.4, -0.2) is 54.5 Å². The third kappa shape index (κ3) is 10.7. The first-order chi connectivity index (χ1) is 7.47. The largest absolute Gasteiger partial charge is 0.449 e. The molecule has 0 aliphatic heterocycles. The van der Waals surface area contributed by atoms with Crippen LogP contribution in [0.15, 0.2) is 0 Å². The van der Waals surface area contributed by atoms with E-state index in [9.17, 15) is 0 Å². The molecule has 0 radical (unpaired) electrons. The Morgan fingerprint density at radius 2 is 1.24 bits per heavy atom. The summed E-state index contributed by atoms with van der Waals surface area (Å²) in [5.74, 6) is 0. The Labute approximate surface area is 117 Å². The molecule has 0 aromatic heterocycles. The SMILES string of the molecule is C[Si](C)(C)O[Si](C)(O[Si](C)(C)C)[SiH2]O[SiH2]O[SiH3]. The summed E-state index contributed by atoms with van der Waals surface area (Å²) < 4.78 is 23.7. The molecule has 0 amide bonds. The second-order valence-corrected chi connectivity index (χ2v) is 27.9. The molecule has 17 heavy (non-hydrogen) atoms. The van der Waals surface area contributed by atoms with E-state index < -0.39 is 44.0 Å². The molecule has 0 aromatic rings. The molecular weight excluding hydrogens is 317 g/mol.